The molecule has 0 amide bonds. The molecule has 0 N–H and O–H groups in total. The lowest BCUT2D eigenvalue weighted by atomic mass is 10.0. The Morgan fingerprint density at radius 3 is 2.11 bits per heavy atom. The Balaban J connectivity index is 1.69. The van der Waals surface area contributed by atoms with Gasteiger partial charge >= 0.3 is 12.1 Å². The summed E-state index contributed by atoms with van der Waals surface area (Å²) in [6.45, 7) is 0. The molecule has 4 rings (SSSR count). The van der Waals surface area contributed by atoms with Crippen LogP contribution in [0.2, 0.25) is 5.02 Å². The molecule has 0 fully saturated rings. The van der Waals surface area contributed by atoms with Crippen LogP contribution in [0.5, 0.6) is 0 Å². The summed E-state index contributed by atoms with van der Waals surface area (Å²) in [6.07, 6.45) is -4.01. The van der Waals surface area contributed by atoms with Crippen LogP contribution in [0.1, 0.15) is 18.2 Å². The monoisotopic (exact) mass is 529 g/mol. The Morgan fingerprint density at radius 1 is 0.943 bits per heavy atom. The van der Waals surface area contributed by atoms with Gasteiger partial charge in [-0.3, -0.25) is 9.99 Å². The molecule has 1 unspecified atom stereocenters. The highest BCUT2D eigenvalue weighted by atomic mass is 35.5. The zero-order chi connectivity index (χ0) is 25.6. The SMILES string of the molecule is CS(=O)(=O)c1ccc(-c2ccc(C3CC(C(F)(F)C(F)(F)F)=NN3c3ccccc3Cl)nc2)cc1. The van der Waals surface area contributed by atoms with Crippen LogP contribution in [0.15, 0.2) is 76.9 Å². The summed E-state index contributed by atoms with van der Waals surface area (Å²) < 4.78 is 90.7. The number of nitrogens with zero attached hydrogens (tertiary/aromatic N) is 3. The van der Waals surface area contributed by atoms with Gasteiger partial charge in [0.2, 0.25) is 0 Å². The van der Waals surface area contributed by atoms with Gasteiger partial charge in [-0.05, 0) is 35.9 Å². The van der Waals surface area contributed by atoms with Gasteiger partial charge < -0.3 is 0 Å². The Labute approximate surface area is 202 Å². The van der Waals surface area contributed by atoms with E-state index in [0.717, 1.165) is 11.3 Å². The fourth-order valence-corrected chi connectivity index (χ4v) is 4.47. The summed E-state index contributed by atoms with van der Waals surface area (Å²) in [5.74, 6) is -5.12. The van der Waals surface area contributed by atoms with E-state index in [-0.39, 0.29) is 21.3 Å². The summed E-state index contributed by atoms with van der Waals surface area (Å²) in [4.78, 5) is 4.43. The lowest BCUT2D eigenvalue weighted by Crippen LogP contribution is -2.43. The number of hydrazone groups is 1. The van der Waals surface area contributed by atoms with Crippen molar-refractivity contribution in [2.75, 3.05) is 11.3 Å². The van der Waals surface area contributed by atoms with E-state index < -0.39 is 40.1 Å². The van der Waals surface area contributed by atoms with Crippen LogP contribution in [0, 0.1) is 0 Å². The molecule has 35 heavy (non-hydrogen) atoms. The highest BCUT2D eigenvalue weighted by Gasteiger charge is 2.63. The van der Waals surface area contributed by atoms with E-state index in [1.807, 2.05) is 0 Å². The normalized spacial score (nSPS) is 16.9. The summed E-state index contributed by atoms with van der Waals surface area (Å²) in [5, 5.41) is 4.78. The van der Waals surface area contributed by atoms with Crippen molar-refractivity contribution >= 4 is 32.8 Å². The highest BCUT2D eigenvalue weighted by molar-refractivity contribution is 7.90. The molecule has 3 aromatic rings. The molecule has 12 heteroatoms. The van der Waals surface area contributed by atoms with Crippen molar-refractivity contribution in [3.05, 3.63) is 77.6 Å². The van der Waals surface area contributed by atoms with Crippen LogP contribution in [-0.2, 0) is 9.84 Å². The van der Waals surface area contributed by atoms with Gasteiger partial charge in [-0.2, -0.15) is 27.1 Å². The number of benzene rings is 2. The second kappa shape index (κ2) is 8.87. The van der Waals surface area contributed by atoms with Crippen LogP contribution < -0.4 is 5.01 Å². The van der Waals surface area contributed by atoms with Crippen molar-refractivity contribution in [1.29, 1.82) is 0 Å². The van der Waals surface area contributed by atoms with Gasteiger partial charge in [0.1, 0.15) is 11.8 Å². The maximum Gasteiger partial charge on any atom is 0.459 e. The largest absolute Gasteiger partial charge is 0.459 e. The van der Waals surface area contributed by atoms with Crippen LogP contribution >= 0.6 is 11.6 Å². The van der Waals surface area contributed by atoms with Crippen LogP contribution in [-0.4, -0.2) is 37.5 Å². The number of aromatic nitrogens is 1. The maximum absolute atomic E-state index is 14.1. The number of hydrogen-bond donors (Lipinski definition) is 0. The second-order valence-electron chi connectivity index (χ2n) is 7.90. The fraction of sp³-hybridized carbons (Fsp3) is 0.217. The molecule has 0 aliphatic carbocycles. The molecule has 2 aromatic carbocycles. The molecular formula is C23H17ClF5N3O2S. The van der Waals surface area contributed by atoms with Crippen molar-refractivity contribution in [3.8, 4) is 11.1 Å². The molecule has 0 saturated carbocycles. The number of anilines is 1. The first kappa shape index (κ1) is 25.1. The standard InChI is InChI=1S/C23H17ClF5N3O2S/c1-35(33,34)16-9-6-14(7-10-16)15-8-11-18(30-13-15)20-12-21(22(25,26)23(27,28)29)31-32(20)19-5-3-2-4-17(19)24/h2-11,13,20H,12H2,1H3. The third kappa shape index (κ3) is 4.87. The van der Waals surface area contributed by atoms with Gasteiger partial charge in [0.25, 0.3) is 0 Å². The smallest absolute Gasteiger partial charge is 0.258 e. The minimum absolute atomic E-state index is 0.125. The van der Waals surface area contributed by atoms with Crippen LogP contribution in [0.25, 0.3) is 11.1 Å². The van der Waals surface area contributed by atoms with Crippen molar-refractivity contribution in [3.63, 3.8) is 0 Å². The zero-order valence-corrected chi connectivity index (χ0v) is 19.5. The molecule has 1 atom stereocenters. The number of rotatable bonds is 5. The summed E-state index contributed by atoms with van der Waals surface area (Å²) in [6, 6.07) is 14.2. The molecule has 0 bridgehead atoms. The summed E-state index contributed by atoms with van der Waals surface area (Å²) in [5.41, 5.74) is 0.272. The van der Waals surface area contributed by atoms with Gasteiger partial charge in [-0.25, -0.2) is 8.42 Å². The van der Waals surface area contributed by atoms with Gasteiger partial charge in [0.05, 0.1) is 21.3 Å². The van der Waals surface area contributed by atoms with Crippen molar-refractivity contribution in [2.24, 2.45) is 5.10 Å². The topological polar surface area (TPSA) is 62.6 Å². The molecule has 0 saturated heterocycles. The number of para-hydroxylation sites is 1. The van der Waals surface area contributed by atoms with Crippen molar-refractivity contribution < 1.29 is 30.4 Å². The first-order valence-corrected chi connectivity index (χ1v) is 12.4. The third-order valence-corrected chi connectivity index (χ3v) is 6.92. The Kier molecular flexibility index (Phi) is 6.35. The molecule has 184 valence electrons. The third-order valence-electron chi connectivity index (χ3n) is 5.47. The minimum Gasteiger partial charge on any atom is -0.258 e. The number of pyridine rings is 1. The van der Waals surface area contributed by atoms with Gasteiger partial charge in [-0.1, -0.05) is 41.9 Å². The van der Waals surface area contributed by atoms with Crippen LogP contribution in [0.3, 0.4) is 0 Å². The molecule has 0 spiro atoms. The van der Waals surface area contributed by atoms with Crippen molar-refractivity contribution in [2.45, 2.75) is 29.5 Å². The second-order valence-corrected chi connectivity index (χ2v) is 10.3. The number of alkyl halides is 5. The Morgan fingerprint density at radius 2 is 1.57 bits per heavy atom. The number of sulfone groups is 1. The van der Waals surface area contributed by atoms with Crippen LogP contribution in [0.4, 0.5) is 27.6 Å². The highest BCUT2D eigenvalue weighted by Crippen LogP contribution is 2.45. The molecule has 1 aliphatic rings. The average Bonchev–Trinajstić information content (AvgIpc) is 3.24. The molecule has 1 aromatic heterocycles. The van der Waals surface area contributed by atoms with E-state index in [4.69, 9.17) is 11.6 Å². The van der Waals surface area contributed by atoms with Gasteiger partial charge in [0.15, 0.2) is 9.84 Å². The Bertz CT molecular complexity index is 1380. The summed E-state index contributed by atoms with van der Waals surface area (Å²) >= 11 is 6.18. The maximum atomic E-state index is 14.1. The minimum atomic E-state index is -5.80. The van der Waals surface area contributed by atoms with E-state index in [2.05, 4.69) is 10.1 Å². The molecule has 2 heterocycles. The first-order chi connectivity index (χ1) is 16.3. The van der Waals surface area contributed by atoms with Gasteiger partial charge in [0, 0.05) is 24.4 Å². The Hall–Kier alpha value is -3.05. The molecule has 5 nitrogen and oxygen atoms in total. The van der Waals surface area contributed by atoms with E-state index in [9.17, 15) is 30.4 Å². The zero-order valence-electron chi connectivity index (χ0n) is 18.0. The number of hydrogen-bond acceptors (Lipinski definition) is 5. The fourth-order valence-electron chi connectivity index (χ4n) is 3.62. The van der Waals surface area contributed by atoms with Crippen molar-refractivity contribution in [1.82, 2.24) is 4.98 Å². The molecular weight excluding hydrogens is 513 g/mol. The van der Waals surface area contributed by atoms with E-state index >= 15 is 0 Å². The quantitative estimate of drug-likeness (QED) is 0.363. The first-order valence-electron chi connectivity index (χ1n) is 10.1. The molecule has 1 aliphatic heterocycles. The molecule has 0 radical (unpaired) electrons. The van der Waals surface area contributed by atoms with E-state index in [1.165, 1.54) is 36.5 Å². The lowest BCUT2D eigenvalue weighted by molar-refractivity contribution is -0.249. The average molecular weight is 530 g/mol. The van der Waals surface area contributed by atoms with E-state index in [1.54, 1.807) is 30.3 Å². The predicted octanol–water partition coefficient (Wildman–Crippen LogP) is 6.31. The lowest BCUT2D eigenvalue weighted by Gasteiger charge is -2.24. The summed E-state index contributed by atoms with van der Waals surface area (Å²) in [7, 11) is -3.37. The predicted molar refractivity (Wildman–Crippen MR) is 123 cm³/mol. The van der Waals surface area contributed by atoms with Gasteiger partial charge in [-0.15, -0.1) is 0 Å². The number of halogens is 6. The van der Waals surface area contributed by atoms with E-state index in [0.29, 0.717) is 11.1 Å².